The van der Waals surface area contributed by atoms with Crippen LogP contribution in [0, 0.1) is 0 Å². The average molecular weight is 338 g/mol. The van der Waals surface area contributed by atoms with Crippen molar-refractivity contribution in [2.45, 2.75) is 46.6 Å². The van der Waals surface area contributed by atoms with E-state index in [1.54, 1.807) is 7.11 Å². The molecule has 1 atom stereocenters. The van der Waals surface area contributed by atoms with Crippen LogP contribution in [0.2, 0.25) is 0 Å². The Morgan fingerprint density at radius 1 is 1.00 bits per heavy atom. The fraction of sp³-hybridized carbons (Fsp3) is 0.364. The Hall–Kier alpha value is -2.26. The highest BCUT2D eigenvalue weighted by Crippen LogP contribution is 2.33. The maximum Gasteiger partial charge on any atom is 0.118 e. The molecule has 3 nitrogen and oxygen atoms in total. The van der Waals surface area contributed by atoms with Crippen molar-refractivity contribution in [3.8, 4) is 16.9 Å². The smallest absolute Gasteiger partial charge is 0.118 e. The normalized spacial score (nSPS) is 16.0. The number of nitrogens with zero attached hydrogens (tertiary/aromatic N) is 1. The van der Waals surface area contributed by atoms with E-state index in [2.05, 4.69) is 73.8 Å². The SMILES string of the molecule is CC.COc1ccc(-c2ccc(C(C)C)c(N3C=CC(C)N3)c2)cc1. The third-order valence-electron chi connectivity index (χ3n) is 4.20. The number of methoxy groups -OCH3 is 1. The summed E-state index contributed by atoms with van der Waals surface area (Å²) in [6.45, 7) is 10.6. The molecule has 0 saturated heterocycles. The topological polar surface area (TPSA) is 24.5 Å². The van der Waals surface area contributed by atoms with E-state index in [0.29, 0.717) is 12.0 Å². The van der Waals surface area contributed by atoms with Gasteiger partial charge in [-0.2, -0.15) is 0 Å². The number of ether oxygens (including phenoxy) is 1. The lowest BCUT2D eigenvalue weighted by Gasteiger charge is -2.24. The summed E-state index contributed by atoms with van der Waals surface area (Å²) in [5.41, 5.74) is 8.43. The number of hydrogen-bond acceptors (Lipinski definition) is 3. The quantitative estimate of drug-likeness (QED) is 0.769. The van der Waals surface area contributed by atoms with Crippen molar-refractivity contribution in [2.24, 2.45) is 0 Å². The minimum absolute atomic E-state index is 0.361. The van der Waals surface area contributed by atoms with Crippen molar-refractivity contribution >= 4 is 5.69 Å². The summed E-state index contributed by atoms with van der Waals surface area (Å²) < 4.78 is 5.25. The lowest BCUT2D eigenvalue weighted by molar-refractivity contribution is 0.415. The summed E-state index contributed by atoms with van der Waals surface area (Å²) in [5.74, 6) is 1.35. The van der Waals surface area contributed by atoms with Crippen molar-refractivity contribution < 1.29 is 4.74 Å². The summed E-state index contributed by atoms with van der Waals surface area (Å²) in [4.78, 5) is 0. The van der Waals surface area contributed by atoms with Crippen LogP contribution in [0.3, 0.4) is 0 Å². The molecule has 0 radical (unpaired) electrons. The number of benzene rings is 2. The van der Waals surface area contributed by atoms with Crippen LogP contribution in [0.5, 0.6) is 5.75 Å². The zero-order chi connectivity index (χ0) is 18.4. The Morgan fingerprint density at radius 2 is 1.64 bits per heavy atom. The molecule has 0 fully saturated rings. The van der Waals surface area contributed by atoms with E-state index in [4.69, 9.17) is 4.74 Å². The van der Waals surface area contributed by atoms with Gasteiger partial charge in [-0.25, -0.2) is 5.43 Å². The second-order valence-electron chi connectivity index (χ2n) is 6.29. The van der Waals surface area contributed by atoms with Gasteiger partial charge in [0.2, 0.25) is 0 Å². The van der Waals surface area contributed by atoms with Crippen molar-refractivity contribution in [1.29, 1.82) is 0 Å². The minimum atomic E-state index is 0.361. The molecule has 0 aliphatic carbocycles. The molecule has 3 heteroatoms. The highest BCUT2D eigenvalue weighted by molar-refractivity contribution is 5.72. The molecule has 0 saturated carbocycles. The summed E-state index contributed by atoms with van der Waals surface area (Å²) in [5, 5.41) is 2.13. The molecule has 134 valence electrons. The van der Waals surface area contributed by atoms with Gasteiger partial charge in [0.05, 0.1) is 12.8 Å². The first-order valence-electron chi connectivity index (χ1n) is 9.10. The molecule has 2 aromatic rings. The van der Waals surface area contributed by atoms with Crippen LogP contribution < -0.4 is 15.2 Å². The lowest BCUT2D eigenvalue weighted by atomic mass is 9.96. The Kier molecular flexibility index (Phi) is 6.65. The van der Waals surface area contributed by atoms with Crippen LogP contribution in [-0.4, -0.2) is 13.2 Å². The molecule has 25 heavy (non-hydrogen) atoms. The highest BCUT2D eigenvalue weighted by Gasteiger charge is 2.18. The number of hydrazine groups is 1. The van der Waals surface area contributed by atoms with Gasteiger partial charge >= 0.3 is 0 Å². The maximum atomic E-state index is 5.25. The van der Waals surface area contributed by atoms with Gasteiger partial charge in [-0.15, -0.1) is 0 Å². The van der Waals surface area contributed by atoms with Gasteiger partial charge in [0.15, 0.2) is 0 Å². The molecule has 0 spiro atoms. The van der Waals surface area contributed by atoms with Gasteiger partial charge in [0.1, 0.15) is 5.75 Å². The molecule has 0 aromatic heterocycles. The zero-order valence-electron chi connectivity index (χ0n) is 16.2. The van der Waals surface area contributed by atoms with Gasteiger partial charge in [-0.05, 0) is 53.8 Å². The Bertz CT molecular complexity index is 704. The molecule has 3 rings (SSSR count). The van der Waals surface area contributed by atoms with E-state index in [0.717, 1.165) is 5.75 Å². The largest absolute Gasteiger partial charge is 0.497 e. The zero-order valence-corrected chi connectivity index (χ0v) is 16.2. The van der Waals surface area contributed by atoms with E-state index in [9.17, 15) is 0 Å². The van der Waals surface area contributed by atoms with Crippen LogP contribution in [0.1, 0.15) is 46.1 Å². The van der Waals surface area contributed by atoms with Crippen molar-refractivity contribution in [1.82, 2.24) is 5.43 Å². The Labute approximate surface area is 152 Å². The summed E-state index contributed by atoms with van der Waals surface area (Å²) in [7, 11) is 1.69. The Balaban J connectivity index is 0.00000109. The van der Waals surface area contributed by atoms with Crippen LogP contribution in [-0.2, 0) is 0 Å². The third-order valence-corrected chi connectivity index (χ3v) is 4.20. The average Bonchev–Trinajstić information content (AvgIpc) is 3.09. The van der Waals surface area contributed by atoms with E-state index in [1.807, 2.05) is 26.0 Å². The van der Waals surface area contributed by atoms with Crippen LogP contribution in [0.15, 0.2) is 54.7 Å². The molecule has 1 heterocycles. The highest BCUT2D eigenvalue weighted by atomic mass is 16.5. The van der Waals surface area contributed by atoms with Crippen molar-refractivity contribution in [2.75, 3.05) is 12.1 Å². The van der Waals surface area contributed by atoms with Gasteiger partial charge in [0.25, 0.3) is 0 Å². The monoisotopic (exact) mass is 338 g/mol. The number of hydrogen-bond donors (Lipinski definition) is 1. The molecule has 0 amide bonds. The summed E-state index contributed by atoms with van der Waals surface area (Å²) in [6, 6.07) is 15.3. The van der Waals surface area contributed by atoms with Crippen molar-refractivity contribution in [3.63, 3.8) is 0 Å². The second-order valence-corrected chi connectivity index (χ2v) is 6.29. The van der Waals surface area contributed by atoms with Gasteiger partial charge in [-0.1, -0.05) is 52.0 Å². The minimum Gasteiger partial charge on any atom is -0.497 e. The lowest BCUT2D eigenvalue weighted by Crippen LogP contribution is -2.34. The fourth-order valence-electron chi connectivity index (χ4n) is 2.87. The van der Waals surface area contributed by atoms with E-state index in [-0.39, 0.29) is 0 Å². The first-order valence-corrected chi connectivity index (χ1v) is 9.10. The molecule has 0 bridgehead atoms. The van der Waals surface area contributed by atoms with Gasteiger partial charge in [-0.3, -0.25) is 5.01 Å². The van der Waals surface area contributed by atoms with Crippen molar-refractivity contribution in [3.05, 3.63) is 60.3 Å². The molecule has 2 aromatic carbocycles. The van der Waals surface area contributed by atoms with Gasteiger partial charge < -0.3 is 4.74 Å². The first-order chi connectivity index (χ1) is 12.1. The molecule has 1 unspecified atom stereocenters. The standard InChI is InChI=1S/C20H24N2O.C2H6/c1-14(2)19-10-7-17(16-5-8-18(23-4)9-6-16)13-20(19)22-12-11-15(3)21-22;1-2/h5-15,21H,1-4H3;1-2H3. The molecular weight excluding hydrogens is 308 g/mol. The third kappa shape index (κ3) is 4.43. The van der Waals surface area contributed by atoms with Gasteiger partial charge in [0, 0.05) is 12.2 Å². The molecular formula is C22H30N2O. The first kappa shape index (κ1) is 19.1. The molecule has 1 aliphatic heterocycles. The number of nitrogens with one attached hydrogen (secondary N) is 1. The predicted molar refractivity (Wildman–Crippen MR) is 108 cm³/mol. The predicted octanol–water partition coefficient (Wildman–Crippen LogP) is 5.74. The van der Waals surface area contributed by atoms with Crippen LogP contribution in [0.4, 0.5) is 5.69 Å². The van der Waals surface area contributed by atoms with E-state index < -0.39 is 0 Å². The molecule has 1 N–H and O–H groups in total. The van der Waals surface area contributed by atoms with Crippen LogP contribution in [0.25, 0.3) is 11.1 Å². The summed E-state index contributed by atoms with van der Waals surface area (Å²) >= 11 is 0. The number of anilines is 1. The summed E-state index contributed by atoms with van der Waals surface area (Å²) in [6.07, 6.45) is 4.29. The fourth-order valence-corrected chi connectivity index (χ4v) is 2.87. The maximum absolute atomic E-state index is 5.25. The van der Waals surface area contributed by atoms with E-state index in [1.165, 1.54) is 22.4 Å². The molecule has 1 aliphatic rings. The second kappa shape index (κ2) is 8.72. The Morgan fingerprint density at radius 3 is 2.16 bits per heavy atom. The number of rotatable bonds is 4. The van der Waals surface area contributed by atoms with E-state index >= 15 is 0 Å². The van der Waals surface area contributed by atoms with Crippen LogP contribution >= 0.6 is 0 Å².